The Bertz CT molecular complexity index is 451. The summed E-state index contributed by atoms with van der Waals surface area (Å²) in [6.45, 7) is 7.22. The quantitative estimate of drug-likeness (QED) is 0.177. The molecule has 0 radical (unpaired) electrons. The van der Waals surface area contributed by atoms with Gasteiger partial charge in [-0.1, -0.05) is 17.2 Å². The first-order chi connectivity index (χ1) is 8.88. The van der Waals surface area contributed by atoms with Crippen LogP contribution in [0.5, 0.6) is 0 Å². The van der Waals surface area contributed by atoms with Crippen molar-refractivity contribution in [2.45, 2.75) is 40.5 Å². The number of hydrogen-bond acceptors (Lipinski definition) is 3. The smallest absolute Gasteiger partial charge is 0.441 e. The van der Waals surface area contributed by atoms with Crippen LogP contribution >= 0.6 is 0 Å². The fourth-order valence-electron chi connectivity index (χ4n) is 1.27. The molecule has 0 atom stereocenters. The van der Waals surface area contributed by atoms with Gasteiger partial charge in [-0.2, -0.15) is 4.79 Å². The number of allylic oxidation sites excluding steroid dienone is 3. The topological polar surface area (TPSA) is 79.8 Å². The van der Waals surface area contributed by atoms with Crippen molar-refractivity contribution in [3.8, 4) is 0 Å². The maximum absolute atomic E-state index is 11.3. The van der Waals surface area contributed by atoms with Crippen LogP contribution in [-0.2, 0) is 14.3 Å². The van der Waals surface area contributed by atoms with Crippen molar-refractivity contribution >= 4 is 17.5 Å². The molecule has 0 fully saturated rings. The van der Waals surface area contributed by atoms with Crippen LogP contribution in [0.4, 0.5) is 0 Å². The van der Waals surface area contributed by atoms with Crippen molar-refractivity contribution in [1.82, 2.24) is 0 Å². The molecule has 19 heavy (non-hydrogen) atoms. The highest BCUT2D eigenvalue weighted by Crippen LogP contribution is 2.06. The second-order valence-electron chi connectivity index (χ2n) is 4.47. The van der Waals surface area contributed by atoms with Crippen LogP contribution < -0.4 is 0 Å². The molecule has 5 nitrogen and oxygen atoms in total. The molecule has 0 aliphatic rings. The molecule has 0 saturated carbocycles. The minimum atomic E-state index is -0.914. The van der Waals surface area contributed by atoms with Gasteiger partial charge >= 0.3 is 11.7 Å². The predicted octanol–water partition coefficient (Wildman–Crippen LogP) is 2.48. The third-order valence-electron chi connectivity index (χ3n) is 2.36. The highest BCUT2D eigenvalue weighted by Gasteiger charge is 2.26. The number of ketones is 1. The summed E-state index contributed by atoms with van der Waals surface area (Å²) in [5.41, 5.74) is 10.3. The van der Waals surface area contributed by atoms with Crippen molar-refractivity contribution in [2.75, 3.05) is 6.61 Å². The first kappa shape index (κ1) is 17.0. The second kappa shape index (κ2) is 9.00. The van der Waals surface area contributed by atoms with E-state index in [1.807, 2.05) is 20.8 Å². The number of hydrogen-bond donors (Lipinski definition) is 0. The van der Waals surface area contributed by atoms with Gasteiger partial charge < -0.3 is 10.3 Å². The highest BCUT2D eigenvalue weighted by molar-refractivity contribution is 6.61. The summed E-state index contributed by atoms with van der Waals surface area (Å²) in [6, 6.07) is 0. The van der Waals surface area contributed by atoms with Crippen molar-refractivity contribution in [2.24, 2.45) is 0 Å². The van der Waals surface area contributed by atoms with Gasteiger partial charge in [0.25, 0.3) is 0 Å². The van der Waals surface area contributed by atoms with E-state index >= 15 is 0 Å². The van der Waals surface area contributed by atoms with E-state index in [2.05, 4.69) is 10.9 Å². The highest BCUT2D eigenvalue weighted by atomic mass is 16.5. The summed E-state index contributed by atoms with van der Waals surface area (Å²) in [7, 11) is 0. The van der Waals surface area contributed by atoms with Crippen LogP contribution in [0, 0.1) is 0 Å². The molecule has 0 spiro atoms. The Labute approximate surface area is 113 Å². The molecule has 104 valence electrons. The summed E-state index contributed by atoms with van der Waals surface area (Å²) in [4.78, 5) is 24.9. The standard InChI is InChI=1S/C14H20N2O3/c1-10(2)6-5-7-11(3)8-9-19-14(18)13(16-15)12(4)17/h6,8H,5,7,9H2,1-4H3/b11-8+. The molecule has 0 heterocycles. The fourth-order valence-corrected chi connectivity index (χ4v) is 1.27. The molecule has 0 aliphatic carbocycles. The largest absolute Gasteiger partial charge is 0.452 e. The molecular weight excluding hydrogens is 244 g/mol. The molecule has 0 aromatic carbocycles. The fraction of sp³-hybridized carbons (Fsp3) is 0.500. The normalized spacial score (nSPS) is 10.4. The summed E-state index contributed by atoms with van der Waals surface area (Å²) < 4.78 is 4.81. The number of ether oxygens (including phenoxy) is 1. The van der Waals surface area contributed by atoms with Crippen molar-refractivity contribution < 1.29 is 19.1 Å². The Morgan fingerprint density at radius 3 is 2.26 bits per heavy atom. The molecule has 0 rings (SSSR count). The minimum Gasteiger partial charge on any atom is -0.452 e. The Kier molecular flexibility index (Phi) is 8.05. The number of esters is 1. The van der Waals surface area contributed by atoms with Crippen LogP contribution in [0.15, 0.2) is 23.3 Å². The molecule has 0 unspecified atom stereocenters. The van der Waals surface area contributed by atoms with Gasteiger partial charge in [0.2, 0.25) is 5.78 Å². The van der Waals surface area contributed by atoms with Crippen molar-refractivity contribution in [3.63, 3.8) is 0 Å². The Hall–Kier alpha value is -2.00. The minimum absolute atomic E-state index is 0.0613. The summed E-state index contributed by atoms with van der Waals surface area (Å²) in [5, 5.41) is 0. The first-order valence-corrected chi connectivity index (χ1v) is 6.07. The lowest BCUT2D eigenvalue weighted by molar-refractivity contribution is -0.140. The molecule has 0 saturated heterocycles. The van der Waals surface area contributed by atoms with Gasteiger partial charge in [0.05, 0.1) is 0 Å². The van der Waals surface area contributed by atoms with Gasteiger partial charge in [-0.3, -0.25) is 4.79 Å². The Morgan fingerprint density at radius 1 is 1.16 bits per heavy atom. The number of carbonyl (C=O) groups is 2. The van der Waals surface area contributed by atoms with Crippen LogP contribution in [0.25, 0.3) is 5.53 Å². The first-order valence-electron chi connectivity index (χ1n) is 6.07. The average molecular weight is 264 g/mol. The maximum Gasteiger partial charge on any atom is 0.441 e. The number of Topliss-reactive ketones (excluding diaryl/α,β-unsaturated/α-hetero) is 1. The van der Waals surface area contributed by atoms with Crippen LogP contribution in [0.2, 0.25) is 0 Å². The monoisotopic (exact) mass is 264 g/mol. The molecular formula is C14H20N2O3. The zero-order valence-electron chi connectivity index (χ0n) is 11.9. The predicted molar refractivity (Wildman–Crippen MR) is 72.7 cm³/mol. The van der Waals surface area contributed by atoms with E-state index in [1.165, 1.54) is 5.57 Å². The molecule has 0 aromatic rings. The summed E-state index contributed by atoms with van der Waals surface area (Å²) in [5.74, 6) is -1.54. The van der Waals surface area contributed by atoms with E-state index in [1.54, 1.807) is 6.08 Å². The van der Waals surface area contributed by atoms with E-state index in [4.69, 9.17) is 10.3 Å². The summed E-state index contributed by atoms with van der Waals surface area (Å²) in [6.07, 6.45) is 5.73. The number of carbonyl (C=O) groups excluding carboxylic acids is 2. The second-order valence-corrected chi connectivity index (χ2v) is 4.47. The Balaban J connectivity index is 4.21. The molecule has 0 aromatic heterocycles. The van der Waals surface area contributed by atoms with Crippen LogP contribution in [-0.4, -0.2) is 28.9 Å². The van der Waals surface area contributed by atoms with E-state index < -0.39 is 17.5 Å². The lowest BCUT2D eigenvalue weighted by Gasteiger charge is -2.00. The van der Waals surface area contributed by atoms with E-state index in [0.717, 1.165) is 25.3 Å². The van der Waals surface area contributed by atoms with E-state index in [0.29, 0.717) is 0 Å². The van der Waals surface area contributed by atoms with Gasteiger partial charge in [0, 0.05) is 6.92 Å². The molecule has 5 heteroatoms. The summed E-state index contributed by atoms with van der Waals surface area (Å²) >= 11 is 0. The molecule has 0 aliphatic heterocycles. The molecule has 0 N–H and O–H groups in total. The third kappa shape index (κ3) is 7.84. The van der Waals surface area contributed by atoms with Crippen molar-refractivity contribution in [3.05, 3.63) is 28.8 Å². The lowest BCUT2D eigenvalue weighted by atomic mass is 10.1. The van der Waals surface area contributed by atoms with E-state index in [9.17, 15) is 9.59 Å². The van der Waals surface area contributed by atoms with Gasteiger partial charge in [0.15, 0.2) is 0 Å². The van der Waals surface area contributed by atoms with Gasteiger partial charge in [-0.15, -0.1) is 0 Å². The van der Waals surface area contributed by atoms with Crippen LogP contribution in [0.3, 0.4) is 0 Å². The lowest BCUT2D eigenvalue weighted by Crippen LogP contribution is -2.25. The SMILES string of the molecule is CC(=O)C(=[N+]=[N-])C(=O)OC/C=C(\C)CCC=C(C)C. The molecule has 0 bridgehead atoms. The van der Waals surface area contributed by atoms with E-state index in [-0.39, 0.29) is 6.61 Å². The van der Waals surface area contributed by atoms with Crippen LogP contribution in [0.1, 0.15) is 40.5 Å². The number of nitrogens with zero attached hydrogens (tertiary/aromatic N) is 2. The zero-order chi connectivity index (χ0) is 14.8. The van der Waals surface area contributed by atoms with Crippen molar-refractivity contribution in [1.29, 1.82) is 0 Å². The average Bonchev–Trinajstić information content (AvgIpc) is 2.28. The molecule has 0 amide bonds. The number of rotatable bonds is 7. The zero-order valence-corrected chi connectivity index (χ0v) is 11.9. The van der Waals surface area contributed by atoms with Gasteiger partial charge in [0.1, 0.15) is 6.61 Å². The van der Waals surface area contributed by atoms with Gasteiger partial charge in [-0.25, -0.2) is 4.79 Å². The third-order valence-corrected chi connectivity index (χ3v) is 2.36. The van der Waals surface area contributed by atoms with Gasteiger partial charge in [-0.05, 0) is 39.7 Å². The maximum atomic E-state index is 11.3. The Morgan fingerprint density at radius 2 is 1.79 bits per heavy atom.